The van der Waals surface area contributed by atoms with E-state index in [1.807, 2.05) is 12.1 Å². The Kier molecular flexibility index (Phi) is 5.31. The lowest BCUT2D eigenvalue weighted by Crippen LogP contribution is -2.48. The largest absolute Gasteiger partial charge is 0.373 e. The number of carbonyl (C=O) groups excluding carboxylic acids is 1. The zero-order valence-corrected chi connectivity index (χ0v) is 12.0. The smallest absolute Gasteiger partial charge is 0.320 e. The molecule has 1 aromatic heterocycles. The molecule has 1 aliphatic heterocycles. The predicted molar refractivity (Wildman–Crippen MR) is 77.7 cm³/mol. The molecule has 2 heterocycles. The minimum atomic E-state index is -0.224. The first kappa shape index (κ1) is 14.7. The van der Waals surface area contributed by atoms with Gasteiger partial charge in [-0.25, -0.2) is 9.78 Å². The fraction of sp³-hybridized carbons (Fsp3) is 0.571. The molecule has 20 heavy (non-hydrogen) atoms. The number of amides is 2. The molecule has 6 heteroatoms. The SMILES string of the molecule is CC1CN(CCNC(=O)Nc2ccccn2)CC(C)O1. The standard InChI is InChI=1S/C14H22N4O2/c1-11-9-18(10-12(2)20-11)8-7-16-14(19)17-13-5-3-4-6-15-13/h3-6,11-12H,7-10H2,1-2H3,(H2,15,16,17,19). The van der Waals surface area contributed by atoms with Crippen molar-refractivity contribution in [3.8, 4) is 0 Å². The number of ether oxygens (including phenoxy) is 1. The zero-order chi connectivity index (χ0) is 14.4. The number of rotatable bonds is 4. The van der Waals surface area contributed by atoms with Crippen molar-refractivity contribution in [1.29, 1.82) is 0 Å². The molecule has 1 fully saturated rings. The first-order valence-electron chi connectivity index (χ1n) is 6.97. The Morgan fingerprint density at radius 1 is 1.40 bits per heavy atom. The Morgan fingerprint density at radius 2 is 2.15 bits per heavy atom. The first-order chi connectivity index (χ1) is 9.63. The Labute approximate surface area is 119 Å². The van der Waals surface area contributed by atoms with Crippen LogP contribution in [0.1, 0.15) is 13.8 Å². The summed E-state index contributed by atoms with van der Waals surface area (Å²) in [6.07, 6.45) is 2.15. The van der Waals surface area contributed by atoms with Gasteiger partial charge < -0.3 is 10.1 Å². The van der Waals surface area contributed by atoms with Crippen LogP contribution >= 0.6 is 0 Å². The molecule has 110 valence electrons. The average molecular weight is 278 g/mol. The lowest BCUT2D eigenvalue weighted by molar-refractivity contribution is -0.0672. The number of morpholine rings is 1. The number of aromatic nitrogens is 1. The quantitative estimate of drug-likeness (QED) is 0.871. The van der Waals surface area contributed by atoms with Gasteiger partial charge in [0.1, 0.15) is 5.82 Å². The summed E-state index contributed by atoms with van der Waals surface area (Å²) in [4.78, 5) is 18.0. The molecule has 1 aliphatic rings. The number of hydrogen-bond acceptors (Lipinski definition) is 4. The molecule has 1 aromatic rings. The highest BCUT2D eigenvalue weighted by atomic mass is 16.5. The molecule has 1 saturated heterocycles. The number of nitrogens with zero attached hydrogens (tertiary/aromatic N) is 2. The molecule has 2 N–H and O–H groups in total. The van der Waals surface area contributed by atoms with E-state index in [0.29, 0.717) is 12.4 Å². The number of carbonyl (C=O) groups is 1. The van der Waals surface area contributed by atoms with Crippen molar-refractivity contribution in [1.82, 2.24) is 15.2 Å². The van der Waals surface area contributed by atoms with Crippen LogP contribution in [-0.4, -0.2) is 54.3 Å². The number of pyridine rings is 1. The molecule has 2 atom stereocenters. The summed E-state index contributed by atoms with van der Waals surface area (Å²) in [5, 5.41) is 5.53. The molecule has 2 amide bonds. The highest BCUT2D eigenvalue weighted by Gasteiger charge is 2.21. The maximum atomic E-state index is 11.7. The van der Waals surface area contributed by atoms with Gasteiger partial charge in [0.25, 0.3) is 0 Å². The van der Waals surface area contributed by atoms with E-state index >= 15 is 0 Å². The van der Waals surface area contributed by atoms with Crippen molar-refractivity contribution < 1.29 is 9.53 Å². The Morgan fingerprint density at radius 3 is 2.80 bits per heavy atom. The Balaban J connectivity index is 1.66. The normalized spacial score (nSPS) is 23.3. The van der Waals surface area contributed by atoms with E-state index in [2.05, 4.69) is 34.4 Å². The van der Waals surface area contributed by atoms with Gasteiger partial charge >= 0.3 is 6.03 Å². The molecule has 0 aromatic carbocycles. The van der Waals surface area contributed by atoms with Crippen LogP contribution in [0.5, 0.6) is 0 Å². The summed E-state index contributed by atoms with van der Waals surface area (Å²) >= 11 is 0. The van der Waals surface area contributed by atoms with Crippen LogP contribution in [0.15, 0.2) is 24.4 Å². The molecule has 6 nitrogen and oxygen atoms in total. The second kappa shape index (κ2) is 7.21. The summed E-state index contributed by atoms with van der Waals surface area (Å²) in [6, 6.07) is 5.17. The molecule has 2 unspecified atom stereocenters. The zero-order valence-electron chi connectivity index (χ0n) is 12.0. The van der Waals surface area contributed by atoms with E-state index in [1.165, 1.54) is 0 Å². The van der Waals surface area contributed by atoms with Crippen LogP contribution < -0.4 is 10.6 Å². The van der Waals surface area contributed by atoms with Gasteiger partial charge in [-0.2, -0.15) is 0 Å². The molecule has 0 bridgehead atoms. The number of urea groups is 1. The third-order valence-electron chi connectivity index (χ3n) is 3.12. The van der Waals surface area contributed by atoms with Gasteiger partial charge in [0, 0.05) is 32.4 Å². The molecule has 2 rings (SSSR count). The third-order valence-corrected chi connectivity index (χ3v) is 3.12. The maximum absolute atomic E-state index is 11.7. The lowest BCUT2D eigenvalue weighted by Gasteiger charge is -2.35. The fourth-order valence-corrected chi connectivity index (χ4v) is 2.39. The first-order valence-corrected chi connectivity index (χ1v) is 6.97. The van der Waals surface area contributed by atoms with E-state index in [-0.39, 0.29) is 18.2 Å². The second-order valence-corrected chi connectivity index (χ2v) is 5.11. The van der Waals surface area contributed by atoms with Crippen molar-refractivity contribution in [2.45, 2.75) is 26.1 Å². The minimum absolute atomic E-state index is 0.224. The Bertz CT molecular complexity index is 416. The monoisotopic (exact) mass is 278 g/mol. The maximum Gasteiger partial charge on any atom is 0.320 e. The van der Waals surface area contributed by atoms with Gasteiger partial charge in [0.2, 0.25) is 0 Å². The highest BCUT2D eigenvalue weighted by molar-refractivity contribution is 5.88. The van der Waals surface area contributed by atoms with Crippen molar-refractivity contribution >= 4 is 11.8 Å². The summed E-state index contributed by atoms with van der Waals surface area (Å²) in [6.45, 7) is 7.40. The van der Waals surface area contributed by atoms with Gasteiger partial charge in [0.15, 0.2) is 0 Å². The molecule has 0 saturated carbocycles. The summed E-state index contributed by atoms with van der Waals surface area (Å²) < 4.78 is 5.67. The topological polar surface area (TPSA) is 66.5 Å². The van der Waals surface area contributed by atoms with Gasteiger partial charge in [-0.1, -0.05) is 6.07 Å². The third kappa shape index (κ3) is 4.79. The van der Waals surface area contributed by atoms with Crippen LogP contribution in [0.4, 0.5) is 10.6 Å². The van der Waals surface area contributed by atoms with Gasteiger partial charge in [-0.05, 0) is 26.0 Å². The number of hydrogen-bond donors (Lipinski definition) is 2. The van der Waals surface area contributed by atoms with Gasteiger partial charge in [-0.3, -0.25) is 10.2 Å². The van der Waals surface area contributed by atoms with E-state index in [0.717, 1.165) is 19.6 Å². The van der Waals surface area contributed by atoms with Crippen LogP contribution in [0.25, 0.3) is 0 Å². The Hall–Kier alpha value is -1.66. The number of nitrogens with one attached hydrogen (secondary N) is 2. The molecule has 0 aliphatic carbocycles. The van der Waals surface area contributed by atoms with E-state index < -0.39 is 0 Å². The van der Waals surface area contributed by atoms with Crippen LogP contribution in [0, 0.1) is 0 Å². The van der Waals surface area contributed by atoms with E-state index in [9.17, 15) is 4.79 Å². The predicted octanol–water partition coefficient (Wildman–Crippen LogP) is 1.31. The lowest BCUT2D eigenvalue weighted by atomic mass is 10.2. The van der Waals surface area contributed by atoms with Crippen LogP contribution in [0.2, 0.25) is 0 Å². The van der Waals surface area contributed by atoms with Crippen LogP contribution in [-0.2, 0) is 4.74 Å². The second-order valence-electron chi connectivity index (χ2n) is 5.11. The van der Waals surface area contributed by atoms with E-state index in [4.69, 9.17) is 4.74 Å². The molecule has 0 spiro atoms. The molecule has 0 radical (unpaired) electrons. The van der Waals surface area contributed by atoms with Gasteiger partial charge in [-0.15, -0.1) is 0 Å². The van der Waals surface area contributed by atoms with Crippen molar-refractivity contribution in [3.05, 3.63) is 24.4 Å². The highest BCUT2D eigenvalue weighted by Crippen LogP contribution is 2.09. The summed E-state index contributed by atoms with van der Waals surface area (Å²) in [5.74, 6) is 0.554. The van der Waals surface area contributed by atoms with Crippen molar-refractivity contribution in [2.24, 2.45) is 0 Å². The fourth-order valence-electron chi connectivity index (χ4n) is 2.39. The average Bonchev–Trinajstić information content (AvgIpc) is 2.38. The number of anilines is 1. The van der Waals surface area contributed by atoms with Crippen LogP contribution in [0.3, 0.4) is 0 Å². The summed E-state index contributed by atoms with van der Waals surface area (Å²) in [5.41, 5.74) is 0. The van der Waals surface area contributed by atoms with Crippen molar-refractivity contribution in [3.63, 3.8) is 0 Å². The molecular weight excluding hydrogens is 256 g/mol. The van der Waals surface area contributed by atoms with Crippen molar-refractivity contribution in [2.75, 3.05) is 31.5 Å². The minimum Gasteiger partial charge on any atom is -0.373 e. The van der Waals surface area contributed by atoms with Gasteiger partial charge in [0.05, 0.1) is 12.2 Å². The summed E-state index contributed by atoms with van der Waals surface area (Å²) in [7, 11) is 0. The molecular formula is C14H22N4O2. The van der Waals surface area contributed by atoms with E-state index in [1.54, 1.807) is 12.3 Å².